The fourth-order valence-corrected chi connectivity index (χ4v) is 5.53. The Bertz CT molecular complexity index is 1870. The summed E-state index contributed by atoms with van der Waals surface area (Å²) < 4.78 is 6.58. The first-order valence-corrected chi connectivity index (χ1v) is 13.7. The molecule has 192 valence electrons. The third-order valence-electron chi connectivity index (χ3n) is 7.82. The van der Waals surface area contributed by atoms with Gasteiger partial charge in [-0.3, -0.25) is 0 Å². The molecule has 0 saturated heterocycles. The molecule has 2 aromatic heterocycles. The average molecular weight is 501 g/mol. The Morgan fingerprint density at radius 1 is 0.763 bits per heavy atom. The van der Waals surface area contributed by atoms with Gasteiger partial charge in [-0.2, -0.15) is 0 Å². The third kappa shape index (κ3) is 3.88. The van der Waals surface area contributed by atoms with E-state index >= 15 is 0 Å². The predicted octanol–water partition coefficient (Wildman–Crippen LogP) is 10.2. The number of rotatable bonds is 3. The summed E-state index contributed by atoms with van der Waals surface area (Å²) in [5, 5.41) is 5.76. The maximum Gasteiger partial charge on any atom is 0.144 e. The predicted molar refractivity (Wildman–Crippen MR) is 161 cm³/mol. The van der Waals surface area contributed by atoms with Crippen molar-refractivity contribution in [3.8, 4) is 11.3 Å². The number of para-hydroxylation sites is 1. The number of furan rings is 1. The lowest BCUT2D eigenvalue weighted by Gasteiger charge is -2.21. The van der Waals surface area contributed by atoms with Crippen LogP contribution in [0.4, 0.5) is 0 Å². The largest absolute Gasteiger partial charge is 0.455 e. The number of benzene rings is 4. The molecule has 0 radical (unpaired) electrons. The Hall–Kier alpha value is -3.72. The van der Waals surface area contributed by atoms with Crippen molar-refractivity contribution in [1.29, 1.82) is 0 Å². The molecule has 0 saturated carbocycles. The molecule has 3 nitrogen and oxygen atoms in total. The summed E-state index contributed by atoms with van der Waals surface area (Å²) in [6.07, 6.45) is 0. The van der Waals surface area contributed by atoms with Crippen molar-refractivity contribution >= 4 is 43.6 Å². The maximum atomic E-state index is 6.58. The van der Waals surface area contributed by atoms with Gasteiger partial charge in [0.25, 0.3) is 0 Å². The zero-order valence-electron chi connectivity index (χ0n) is 23.7. The second-order valence-electron chi connectivity index (χ2n) is 12.4. The monoisotopic (exact) mass is 500 g/mol. The Balaban J connectivity index is 1.69. The lowest BCUT2D eigenvalue weighted by Crippen LogP contribution is -2.11. The van der Waals surface area contributed by atoms with Crippen LogP contribution >= 0.6 is 0 Å². The van der Waals surface area contributed by atoms with Crippen molar-refractivity contribution in [1.82, 2.24) is 9.97 Å². The molecule has 0 aliphatic heterocycles. The van der Waals surface area contributed by atoms with Crippen LogP contribution in [0, 0.1) is 6.92 Å². The zero-order valence-corrected chi connectivity index (χ0v) is 23.7. The van der Waals surface area contributed by atoms with Crippen LogP contribution in [0.2, 0.25) is 0 Å². The van der Waals surface area contributed by atoms with Gasteiger partial charge in [0.15, 0.2) is 0 Å². The minimum absolute atomic E-state index is 0.0835. The molecule has 0 unspecified atom stereocenters. The average Bonchev–Trinajstić information content (AvgIpc) is 3.25. The standard InChI is InChI=1S/C35H36N2O/c1-19(2)22-12-14-25-26-10-9-11-28(33(26)38-29(25)18-22)31-27-15-13-23-17-24(35(6,7)8)16-21(5)30(23)32(27)37-34(36-31)20(3)4/h9-20H,1-8H3. The van der Waals surface area contributed by atoms with Gasteiger partial charge >= 0.3 is 0 Å². The summed E-state index contributed by atoms with van der Waals surface area (Å²) in [6.45, 7) is 17.8. The highest BCUT2D eigenvalue weighted by Crippen LogP contribution is 2.40. The summed E-state index contributed by atoms with van der Waals surface area (Å²) in [5.74, 6) is 1.50. The smallest absolute Gasteiger partial charge is 0.144 e. The van der Waals surface area contributed by atoms with Gasteiger partial charge in [0.1, 0.15) is 17.0 Å². The van der Waals surface area contributed by atoms with E-state index in [1.807, 2.05) is 0 Å². The van der Waals surface area contributed by atoms with E-state index in [1.165, 1.54) is 27.5 Å². The van der Waals surface area contributed by atoms with E-state index in [-0.39, 0.29) is 11.3 Å². The molecule has 6 aromatic rings. The van der Waals surface area contributed by atoms with Gasteiger partial charge in [0.05, 0.1) is 11.2 Å². The fourth-order valence-electron chi connectivity index (χ4n) is 5.53. The summed E-state index contributed by atoms with van der Waals surface area (Å²) >= 11 is 0. The Morgan fingerprint density at radius 2 is 1.53 bits per heavy atom. The number of aryl methyl sites for hydroxylation is 1. The molecule has 4 aromatic carbocycles. The first-order valence-electron chi connectivity index (χ1n) is 13.7. The maximum absolute atomic E-state index is 6.58. The van der Waals surface area contributed by atoms with Crippen LogP contribution in [0.3, 0.4) is 0 Å². The van der Waals surface area contributed by atoms with Crippen molar-refractivity contribution in [2.75, 3.05) is 0 Å². The molecule has 0 fully saturated rings. The van der Waals surface area contributed by atoms with Crippen molar-refractivity contribution < 1.29 is 4.42 Å². The van der Waals surface area contributed by atoms with E-state index in [0.717, 1.165) is 49.9 Å². The number of hydrogen-bond donors (Lipinski definition) is 0. The van der Waals surface area contributed by atoms with E-state index in [2.05, 4.69) is 116 Å². The van der Waals surface area contributed by atoms with Gasteiger partial charge < -0.3 is 4.42 Å². The second-order valence-corrected chi connectivity index (χ2v) is 12.4. The van der Waals surface area contributed by atoms with E-state index < -0.39 is 0 Å². The second kappa shape index (κ2) is 8.66. The quantitative estimate of drug-likeness (QED) is 0.227. The van der Waals surface area contributed by atoms with Crippen LogP contribution in [0.15, 0.2) is 65.1 Å². The Kier molecular flexibility index (Phi) is 5.61. The van der Waals surface area contributed by atoms with Gasteiger partial charge in [-0.25, -0.2) is 9.97 Å². The number of nitrogens with zero attached hydrogens (tertiary/aromatic N) is 2. The lowest BCUT2D eigenvalue weighted by molar-refractivity contribution is 0.590. The minimum Gasteiger partial charge on any atom is -0.455 e. The first kappa shape index (κ1) is 24.6. The molecule has 0 atom stereocenters. The molecule has 38 heavy (non-hydrogen) atoms. The van der Waals surface area contributed by atoms with Crippen LogP contribution < -0.4 is 0 Å². The molecular weight excluding hydrogens is 464 g/mol. The molecule has 2 heterocycles. The molecule has 0 amide bonds. The zero-order chi connectivity index (χ0) is 26.9. The SMILES string of the molecule is Cc1cc(C(C)(C)C)cc2ccc3c(-c4cccc5c4oc4cc(C(C)C)ccc45)nc(C(C)C)nc3c12. The fraction of sp³-hybridized carbons (Fsp3) is 0.314. The molecule has 3 heteroatoms. The highest BCUT2D eigenvalue weighted by Gasteiger charge is 2.21. The van der Waals surface area contributed by atoms with E-state index in [4.69, 9.17) is 14.4 Å². The van der Waals surface area contributed by atoms with Crippen LogP contribution in [0.1, 0.15) is 82.8 Å². The normalized spacial score (nSPS) is 12.7. The van der Waals surface area contributed by atoms with Gasteiger partial charge in [-0.1, -0.05) is 90.9 Å². The van der Waals surface area contributed by atoms with Gasteiger partial charge in [-0.05, 0) is 58.5 Å². The summed E-state index contributed by atoms with van der Waals surface area (Å²) in [5.41, 5.74) is 8.74. The molecular formula is C35H36N2O. The number of hydrogen-bond acceptors (Lipinski definition) is 3. The van der Waals surface area contributed by atoms with E-state index in [1.54, 1.807) is 0 Å². The molecule has 0 spiro atoms. The summed E-state index contributed by atoms with van der Waals surface area (Å²) in [4.78, 5) is 10.3. The number of fused-ring (bicyclic) bond motifs is 6. The van der Waals surface area contributed by atoms with E-state index in [0.29, 0.717) is 5.92 Å². The van der Waals surface area contributed by atoms with Crippen LogP contribution in [-0.4, -0.2) is 9.97 Å². The van der Waals surface area contributed by atoms with Crippen LogP contribution in [-0.2, 0) is 5.41 Å². The molecule has 6 rings (SSSR count). The van der Waals surface area contributed by atoms with Crippen molar-refractivity contribution in [2.45, 2.75) is 72.6 Å². The van der Waals surface area contributed by atoms with E-state index in [9.17, 15) is 0 Å². The highest BCUT2D eigenvalue weighted by atomic mass is 16.3. The molecule has 0 aliphatic carbocycles. The summed E-state index contributed by atoms with van der Waals surface area (Å²) in [7, 11) is 0. The van der Waals surface area contributed by atoms with Crippen LogP contribution in [0.25, 0.3) is 54.9 Å². The Morgan fingerprint density at radius 3 is 2.24 bits per heavy atom. The van der Waals surface area contributed by atoms with Crippen molar-refractivity contribution in [3.63, 3.8) is 0 Å². The Labute approximate surface area is 224 Å². The number of aromatic nitrogens is 2. The topological polar surface area (TPSA) is 38.9 Å². The first-order chi connectivity index (χ1) is 18.0. The highest BCUT2D eigenvalue weighted by molar-refractivity contribution is 6.15. The minimum atomic E-state index is 0.0835. The third-order valence-corrected chi connectivity index (χ3v) is 7.82. The van der Waals surface area contributed by atoms with Crippen molar-refractivity contribution in [2.24, 2.45) is 0 Å². The summed E-state index contributed by atoms with van der Waals surface area (Å²) in [6, 6.07) is 22.1. The molecule has 0 N–H and O–H groups in total. The van der Waals surface area contributed by atoms with Crippen LogP contribution in [0.5, 0.6) is 0 Å². The van der Waals surface area contributed by atoms with Gasteiger partial charge in [-0.15, -0.1) is 0 Å². The lowest BCUT2D eigenvalue weighted by atomic mass is 9.84. The molecule has 0 bridgehead atoms. The molecule has 0 aliphatic rings. The van der Waals surface area contributed by atoms with Gasteiger partial charge in [0, 0.05) is 33.0 Å². The van der Waals surface area contributed by atoms with Crippen molar-refractivity contribution in [3.05, 3.63) is 83.2 Å². The van der Waals surface area contributed by atoms with Gasteiger partial charge in [0.2, 0.25) is 0 Å².